The third-order valence-corrected chi connectivity index (χ3v) is 1.09. The Morgan fingerprint density at radius 3 is 2.25 bits per heavy atom. The number of hydrogen-bond donors (Lipinski definition) is 1. The van der Waals surface area contributed by atoms with Crippen LogP contribution in [0.25, 0.3) is 0 Å². The van der Waals surface area contributed by atoms with Crippen LogP contribution in [0.3, 0.4) is 0 Å². The average Bonchev–Trinajstić information content (AvgIpc) is 2.19. The summed E-state index contributed by atoms with van der Waals surface area (Å²) in [6, 6.07) is 9.58. The third-order valence-electron chi connectivity index (χ3n) is 1.09. The number of rotatable bonds is 0. The lowest BCUT2D eigenvalue weighted by molar-refractivity contribution is 0.350. The standard InChI is InChI=1S/C9H8O.C2H6/c10-8-4-7-9-5-2-1-3-6-9;1-2/h1-3,5-6,10H,8H2;1-2H3. The lowest BCUT2D eigenvalue weighted by Gasteiger charge is -1.84. The van der Waals surface area contributed by atoms with Gasteiger partial charge in [0.05, 0.1) is 0 Å². The van der Waals surface area contributed by atoms with Crippen LogP contribution >= 0.6 is 0 Å². The van der Waals surface area contributed by atoms with Crippen molar-refractivity contribution in [2.24, 2.45) is 0 Å². The van der Waals surface area contributed by atoms with E-state index in [4.69, 9.17) is 5.11 Å². The summed E-state index contributed by atoms with van der Waals surface area (Å²) in [5.74, 6) is 5.36. The highest BCUT2D eigenvalue weighted by atomic mass is 16.2. The first-order valence-corrected chi connectivity index (χ1v) is 4.08. The van der Waals surface area contributed by atoms with Crippen molar-refractivity contribution in [1.29, 1.82) is 0 Å². The van der Waals surface area contributed by atoms with E-state index in [-0.39, 0.29) is 6.61 Å². The van der Waals surface area contributed by atoms with Crippen LogP contribution in [0.4, 0.5) is 0 Å². The van der Waals surface area contributed by atoms with Gasteiger partial charge in [0.2, 0.25) is 0 Å². The second kappa shape index (κ2) is 7.84. The van der Waals surface area contributed by atoms with Crippen molar-refractivity contribution >= 4 is 0 Å². The van der Waals surface area contributed by atoms with Crippen molar-refractivity contribution in [3.63, 3.8) is 0 Å². The predicted molar refractivity (Wildman–Crippen MR) is 51.8 cm³/mol. The molecule has 0 radical (unpaired) electrons. The van der Waals surface area contributed by atoms with Gasteiger partial charge in [-0.3, -0.25) is 0 Å². The Hall–Kier alpha value is -1.26. The Kier molecular flexibility index (Phi) is 7.02. The van der Waals surface area contributed by atoms with Gasteiger partial charge in [0, 0.05) is 5.56 Å². The van der Waals surface area contributed by atoms with Gasteiger partial charge in [0.15, 0.2) is 0 Å². The first-order valence-electron chi connectivity index (χ1n) is 4.08. The summed E-state index contributed by atoms with van der Waals surface area (Å²) in [7, 11) is 0. The van der Waals surface area contributed by atoms with Crippen molar-refractivity contribution in [3.8, 4) is 11.8 Å². The van der Waals surface area contributed by atoms with E-state index < -0.39 is 0 Å². The summed E-state index contributed by atoms with van der Waals surface area (Å²) in [5, 5.41) is 8.35. The molecule has 1 N–H and O–H groups in total. The summed E-state index contributed by atoms with van der Waals surface area (Å²) in [6.45, 7) is 3.93. The van der Waals surface area contributed by atoms with Gasteiger partial charge >= 0.3 is 0 Å². The summed E-state index contributed by atoms with van der Waals surface area (Å²) in [6.07, 6.45) is 0. The van der Waals surface area contributed by atoms with E-state index in [2.05, 4.69) is 11.8 Å². The maximum Gasteiger partial charge on any atom is 0.104 e. The average molecular weight is 162 g/mol. The zero-order chi connectivity index (χ0) is 9.23. The predicted octanol–water partition coefficient (Wildman–Crippen LogP) is 2.06. The highest BCUT2D eigenvalue weighted by molar-refractivity contribution is 5.33. The van der Waals surface area contributed by atoms with Crippen LogP contribution in [0.15, 0.2) is 30.3 Å². The summed E-state index contributed by atoms with van der Waals surface area (Å²) in [5.41, 5.74) is 0.941. The van der Waals surface area contributed by atoms with E-state index in [1.165, 1.54) is 0 Å². The molecular weight excluding hydrogens is 148 g/mol. The van der Waals surface area contributed by atoms with Gasteiger partial charge in [-0.15, -0.1) is 0 Å². The van der Waals surface area contributed by atoms with E-state index in [9.17, 15) is 0 Å². The van der Waals surface area contributed by atoms with Crippen LogP contribution in [0.5, 0.6) is 0 Å². The molecule has 0 aromatic heterocycles. The molecule has 0 heterocycles. The highest BCUT2D eigenvalue weighted by Gasteiger charge is 1.78. The number of aliphatic hydroxyl groups excluding tert-OH is 1. The zero-order valence-electron chi connectivity index (χ0n) is 7.54. The molecule has 1 aromatic rings. The molecule has 1 heteroatoms. The van der Waals surface area contributed by atoms with E-state index in [0.717, 1.165) is 5.56 Å². The molecule has 0 amide bonds. The molecule has 0 saturated carbocycles. The van der Waals surface area contributed by atoms with Crippen LogP contribution in [0.1, 0.15) is 19.4 Å². The van der Waals surface area contributed by atoms with Gasteiger partial charge < -0.3 is 5.11 Å². The van der Waals surface area contributed by atoms with Crippen molar-refractivity contribution in [2.75, 3.05) is 6.61 Å². The van der Waals surface area contributed by atoms with Crippen molar-refractivity contribution in [2.45, 2.75) is 13.8 Å². The van der Waals surface area contributed by atoms with Crippen molar-refractivity contribution < 1.29 is 5.11 Å². The minimum absolute atomic E-state index is 0.0745. The SMILES string of the molecule is CC.OCC#Cc1ccccc1. The summed E-state index contributed by atoms with van der Waals surface area (Å²) >= 11 is 0. The molecule has 12 heavy (non-hydrogen) atoms. The Bertz CT molecular complexity index is 241. The molecule has 0 aliphatic rings. The third kappa shape index (κ3) is 4.54. The number of hydrogen-bond acceptors (Lipinski definition) is 1. The molecule has 1 rings (SSSR count). The van der Waals surface area contributed by atoms with Gasteiger partial charge in [-0.25, -0.2) is 0 Å². The molecule has 1 aromatic carbocycles. The first-order chi connectivity index (χ1) is 5.93. The van der Waals surface area contributed by atoms with E-state index in [0.29, 0.717) is 0 Å². The molecule has 0 fully saturated rings. The maximum absolute atomic E-state index is 8.35. The topological polar surface area (TPSA) is 20.2 Å². The Morgan fingerprint density at radius 2 is 1.75 bits per heavy atom. The molecule has 0 saturated heterocycles. The molecule has 0 atom stereocenters. The first kappa shape index (κ1) is 10.7. The molecule has 0 unspecified atom stereocenters. The normalized spacial score (nSPS) is 7.25. The quantitative estimate of drug-likeness (QED) is 0.579. The minimum Gasteiger partial charge on any atom is -0.384 e. The van der Waals surface area contributed by atoms with Gasteiger partial charge in [-0.05, 0) is 12.1 Å². The van der Waals surface area contributed by atoms with E-state index >= 15 is 0 Å². The molecule has 0 aliphatic heterocycles. The van der Waals surface area contributed by atoms with Crippen molar-refractivity contribution in [1.82, 2.24) is 0 Å². The summed E-state index contributed by atoms with van der Waals surface area (Å²) < 4.78 is 0. The molecule has 0 aliphatic carbocycles. The fourth-order valence-corrected chi connectivity index (χ4v) is 0.663. The Morgan fingerprint density at radius 1 is 1.17 bits per heavy atom. The second-order valence-electron chi connectivity index (χ2n) is 1.83. The maximum atomic E-state index is 8.35. The zero-order valence-corrected chi connectivity index (χ0v) is 7.54. The lowest BCUT2D eigenvalue weighted by atomic mass is 10.2. The molecule has 64 valence electrons. The summed E-state index contributed by atoms with van der Waals surface area (Å²) in [4.78, 5) is 0. The van der Waals surface area contributed by atoms with Gasteiger partial charge in [-0.2, -0.15) is 0 Å². The molecule has 0 bridgehead atoms. The van der Waals surface area contributed by atoms with Crippen LogP contribution < -0.4 is 0 Å². The van der Waals surface area contributed by atoms with Crippen LogP contribution in [0, 0.1) is 11.8 Å². The fraction of sp³-hybridized carbons (Fsp3) is 0.273. The number of aliphatic hydroxyl groups is 1. The highest BCUT2D eigenvalue weighted by Crippen LogP contribution is 1.93. The molecule has 1 nitrogen and oxygen atoms in total. The monoisotopic (exact) mass is 162 g/mol. The second-order valence-corrected chi connectivity index (χ2v) is 1.83. The lowest BCUT2D eigenvalue weighted by Crippen LogP contribution is -1.74. The minimum atomic E-state index is -0.0745. The van der Waals surface area contributed by atoms with Crippen LogP contribution in [0.2, 0.25) is 0 Å². The fourth-order valence-electron chi connectivity index (χ4n) is 0.663. The van der Waals surface area contributed by atoms with Crippen LogP contribution in [-0.2, 0) is 0 Å². The van der Waals surface area contributed by atoms with Crippen molar-refractivity contribution in [3.05, 3.63) is 35.9 Å². The van der Waals surface area contributed by atoms with Gasteiger partial charge in [0.25, 0.3) is 0 Å². The molecule has 0 spiro atoms. The van der Waals surface area contributed by atoms with E-state index in [1.807, 2.05) is 44.2 Å². The van der Waals surface area contributed by atoms with Gasteiger partial charge in [0.1, 0.15) is 6.61 Å². The van der Waals surface area contributed by atoms with E-state index in [1.54, 1.807) is 0 Å². The largest absolute Gasteiger partial charge is 0.384 e. The smallest absolute Gasteiger partial charge is 0.104 e. The molecular formula is C11H14O. The van der Waals surface area contributed by atoms with Gasteiger partial charge in [-0.1, -0.05) is 43.9 Å². The number of benzene rings is 1. The Balaban J connectivity index is 0.000000561. The Labute approximate surface area is 74.1 Å². The van der Waals surface area contributed by atoms with Crippen LogP contribution in [-0.4, -0.2) is 11.7 Å².